The molecule has 8 nitrogen and oxygen atoms in total. The van der Waals surface area contributed by atoms with Crippen LogP contribution in [0, 0.1) is 0 Å². The number of likely N-dealkylation sites (tertiary alicyclic amines) is 1. The van der Waals surface area contributed by atoms with Gasteiger partial charge in [0.15, 0.2) is 17.1 Å². The van der Waals surface area contributed by atoms with Crippen LogP contribution >= 0.6 is 11.8 Å². The number of hydrogen-bond acceptors (Lipinski definition) is 6. The Bertz CT molecular complexity index is 1150. The molecule has 5 rings (SSSR count). The van der Waals surface area contributed by atoms with Gasteiger partial charge >= 0.3 is 5.69 Å². The van der Waals surface area contributed by atoms with Crippen LogP contribution in [-0.4, -0.2) is 57.4 Å². The van der Waals surface area contributed by atoms with Crippen molar-refractivity contribution in [3.8, 4) is 11.5 Å². The first-order chi connectivity index (χ1) is 15.2. The Kier molecular flexibility index (Phi) is 5.59. The van der Waals surface area contributed by atoms with Crippen LogP contribution in [0.3, 0.4) is 0 Å². The van der Waals surface area contributed by atoms with Crippen molar-refractivity contribution in [2.75, 3.05) is 32.1 Å². The van der Waals surface area contributed by atoms with Crippen molar-refractivity contribution in [2.24, 2.45) is 0 Å². The zero-order valence-corrected chi connectivity index (χ0v) is 17.9. The summed E-state index contributed by atoms with van der Waals surface area (Å²) >= 11 is 1.65. The molecule has 2 aliphatic heterocycles. The van der Waals surface area contributed by atoms with E-state index in [1.54, 1.807) is 22.5 Å². The van der Waals surface area contributed by atoms with Gasteiger partial charge in [0, 0.05) is 42.4 Å². The lowest BCUT2D eigenvalue weighted by atomic mass is 10.0. The Labute approximate surface area is 183 Å². The average Bonchev–Trinajstić information content (AvgIpc) is 3.14. The molecule has 162 valence electrons. The zero-order valence-electron chi connectivity index (χ0n) is 17.1. The first-order valence-electron chi connectivity index (χ1n) is 10.5. The second kappa shape index (κ2) is 8.66. The molecule has 0 aliphatic carbocycles. The maximum Gasteiger partial charge on any atom is 0.327 e. The van der Waals surface area contributed by atoms with Gasteiger partial charge < -0.3 is 19.4 Å². The number of benzene rings is 1. The number of carbonyl (C=O) groups is 1. The quantitative estimate of drug-likeness (QED) is 0.614. The average molecular weight is 441 g/mol. The molecular formula is C22H24N4O4S. The zero-order chi connectivity index (χ0) is 21.2. The molecule has 2 aromatic heterocycles. The van der Waals surface area contributed by atoms with E-state index in [1.165, 1.54) is 0 Å². The summed E-state index contributed by atoms with van der Waals surface area (Å²) < 4.78 is 12.9. The second-order valence-corrected chi connectivity index (χ2v) is 8.86. The third-order valence-corrected chi connectivity index (χ3v) is 6.75. The number of imidazole rings is 1. The van der Waals surface area contributed by atoms with E-state index in [9.17, 15) is 9.59 Å². The van der Waals surface area contributed by atoms with Gasteiger partial charge in [-0.25, -0.2) is 9.78 Å². The van der Waals surface area contributed by atoms with Crippen LogP contribution in [0.5, 0.6) is 11.5 Å². The van der Waals surface area contributed by atoms with Gasteiger partial charge in [0.1, 0.15) is 13.2 Å². The summed E-state index contributed by atoms with van der Waals surface area (Å²) in [6, 6.07) is 9.63. The number of carbonyl (C=O) groups excluding carboxylic acids is 1. The lowest BCUT2D eigenvalue weighted by Gasteiger charge is -2.32. The third kappa shape index (κ3) is 4.14. The molecule has 0 spiro atoms. The summed E-state index contributed by atoms with van der Waals surface area (Å²) in [5.41, 5.74) is 1.31. The Morgan fingerprint density at radius 2 is 1.97 bits per heavy atom. The van der Waals surface area contributed by atoms with Gasteiger partial charge in [-0.2, -0.15) is 0 Å². The number of pyridine rings is 1. The third-order valence-electron chi connectivity index (χ3n) is 5.76. The monoisotopic (exact) mass is 440 g/mol. The summed E-state index contributed by atoms with van der Waals surface area (Å²) in [6.07, 6.45) is 3.69. The van der Waals surface area contributed by atoms with E-state index >= 15 is 0 Å². The predicted octanol–water partition coefficient (Wildman–Crippen LogP) is 2.84. The number of nitrogens with one attached hydrogen (secondary N) is 1. The van der Waals surface area contributed by atoms with Crippen molar-refractivity contribution in [1.82, 2.24) is 19.4 Å². The fraction of sp³-hybridized carbons (Fsp3) is 0.409. The minimum absolute atomic E-state index is 0.0623. The number of nitrogens with zero attached hydrogens (tertiary/aromatic N) is 3. The SMILES string of the molecule is O=C(CCSc1ccc2c(c1)OCCO2)N1CCC(n2c(=O)[nH]c3cccnc32)CC1. The fourth-order valence-electron chi connectivity index (χ4n) is 4.20. The van der Waals surface area contributed by atoms with Gasteiger partial charge in [0.05, 0.1) is 5.52 Å². The Hall–Kier alpha value is -2.94. The molecule has 1 aromatic carbocycles. The number of hydrogen-bond donors (Lipinski definition) is 1. The normalized spacial score (nSPS) is 16.6. The predicted molar refractivity (Wildman–Crippen MR) is 118 cm³/mol. The minimum atomic E-state index is -0.130. The molecule has 3 aromatic rings. The van der Waals surface area contributed by atoms with E-state index in [0.29, 0.717) is 44.1 Å². The largest absolute Gasteiger partial charge is 0.486 e. The summed E-state index contributed by atoms with van der Waals surface area (Å²) in [5, 5.41) is 0. The Morgan fingerprint density at radius 1 is 1.16 bits per heavy atom. The van der Waals surface area contributed by atoms with Crippen LogP contribution in [0.2, 0.25) is 0 Å². The number of amides is 1. The number of aromatic amines is 1. The van der Waals surface area contributed by atoms with Gasteiger partial charge in [0.25, 0.3) is 0 Å². The molecule has 31 heavy (non-hydrogen) atoms. The van der Waals surface area contributed by atoms with Crippen molar-refractivity contribution < 1.29 is 14.3 Å². The second-order valence-electron chi connectivity index (χ2n) is 7.69. The minimum Gasteiger partial charge on any atom is -0.486 e. The fourth-order valence-corrected chi connectivity index (χ4v) is 5.07. The van der Waals surface area contributed by atoms with Gasteiger partial charge in [-0.05, 0) is 43.2 Å². The lowest BCUT2D eigenvalue weighted by molar-refractivity contribution is -0.132. The van der Waals surface area contributed by atoms with Crippen LogP contribution in [0.1, 0.15) is 25.3 Å². The molecule has 1 N–H and O–H groups in total. The van der Waals surface area contributed by atoms with Crippen LogP contribution in [0.15, 0.2) is 46.2 Å². The molecule has 1 fully saturated rings. The van der Waals surface area contributed by atoms with E-state index < -0.39 is 0 Å². The topological polar surface area (TPSA) is 89.5 Å². The Balaban J connectivity index is 1.14. The molecule has 0 saturated carbocycles. The van der Waals surface area contributed by atoms with Gasteiger partial charge in [0.2, 0.25) is 5.91 Å². The molecule has 0 bridgehead atoms. The Morgan fingerprint density at radius 3 is 2.81 bits per heavy atom. The molecule has 1 amide bonds. The van der Waals surface area contributed by atoms with Crippen LogP contribution in [0.25, 0.3) is 11.2 Å². The maximum absolute atomic E-state index is 12.7. The molecule has 0 atom stereocenters. The van der Waals surface area contributed by atoms with Crippen LogP contribution in [0.4, 0.5) is 0 Å². The number of ether oxygens (including phenoxy) is 2. The summed E-state index contributed by atoms with van der Waals surface area (Å²) in [5.74, 6) is 2.42. The number of rotatable bonds is 5. The van der Waals surface area contributed by atoms with E-state index in [2.05, 4.69) is 9.97 Å². The summed E-state index contributed by atoms with van der Waals surface area (Å²) in [4.78, 5) is 35.3. The van der Waals surface area contributed by atoms with E-state index in [1.807, 2.05) is 35.2 Å². The molecule has 9 heteroatoms. The molecule has 0 unspecified atom stereocenters. The number of H-pyrrole nitrogens is 1. The highest BCUT2D eigenvalue weighted by molar-refractivity contribution is 7.99. The van der Waals surface area contributed by atoms with Gasteiger partial charge in [-0.3, -0.25) is 9.36 Å². The van der Waals surface area contributed by atoms with Gasteiger partial charge in [-0.15, -0.1) is 11.8 Å². The standard InChI is InChI=1S/C22H24N4O4S/c27-20(7-13-31-16-3-4-18-19(14-16)30-12-11-29-18)25-9-5-15(6-10-25)26-21-17(24-22(26)28)2-1-8-23-21/h1-4,8,14-15H,5-7,9-13H2,(H,24,28). The van der Waals surface area contributed by atoms with Crippen LogP contribution < -0.4 is 15.2 Å². The molecule has 2 aliphatic rings. The number of piperidine rings is 1. The number of aromatic nitrogens is 3. The highest BCUT2D eigenvalue weighted by atomic mass is 32.2. The number of thioether (sulfide) groups is 1. The van der Waals surface area contributed by atoms with E-state index in [0.717, 1.165) is 34.8 Å². The highest BCUT2D eigenvalue weighted by Crippen LogP contribution is 2.34. The van der Waals surface area contributed by atoms with Crippen molar-refractivity contribution in [3.63, 3.8) is 0 Å². The van der Waals surface area contributed by atoms with E-state index in [-0.39, 0.29) is 17.6 Å². The van der Waals surface area contributed by atoms with Crippen molar-refractivity contribution in [2.45, 2.75) is 30.2 Å². The van der Waals surface area contributed by atoms with Crippen molar-refractivity contribution >= 4 is 28.8 Å². The molecule has 4 heterocycles. The molecular weight excluding hydrogens is 416 g/mol. The van der Waals surface area contributed by atoms with Gasteiger partial charge in [-0.1, -0.05) is 0 Å². The molecule has 0 radical (unpaired) electrons. The maximum atomic E-state index is 12.7. The van der Waals surface area contributed by atoms with Crippen LogP contribution in [-0.2, 0) is 4.79 Å². The van der Waals surface area contributed by atoms with E-state index in [4.69, 9.17) is 9.47 Å². The summed E-state index contributed by atoms with van der Waals surface area (Å²) in [7, 11) is 0. The van der Waals surface area contributed by atoms with Crippen molar-refractivity contribution in [1.29, 1.82) is 0 Å². The number of fused-ring (bicyclic) bond motifs is 2. The highest BCUT2D eigenvalue weighted by Gasteiger charge is 2.26. The lowest BCUT2D eigenvalue weighted by Crippen LogP contribution is -2.40. The van der Waals surface area contributed by atoms with Crippen molar-refractivity contribution in [3.05, 3.63) is 47.0 Å². The first-order valence-corrected chi connectivity index (χ1v) is 11.5. The smallest absolute Gasteiger partial charge is 0.327 e. The molecule has 1 saturated heterocycles. The summed E-state index contributed by atoms with van der Waals surface area (Å²) in [6.45, 7) is 2.46. The first kappa shape index (κ1) is 20.0.